The van der Waals surface area contributed by atoms with Gasteiger partial charge in [-0.3, -0.25) is 15.1 Å². The molecular weight excluding hydrogens is 315 g/mol. The fourth-order valence-electron chi connectivity index (χ4n) is 2.06. The van der Waals surface area contributed by atoms with Gasteiger partial charge in [0.05, 0.1) is 28.4 Å². The van der Waals surface area contributed by atoms with Crippen molar-refractivity contribution < 1.29 is 9.59 Å². The van der Waals surface area contributed by atoms with Crippen LogP contribution in [-0.2, 0) is 11.2 Å². The smallest absolute Gasteiger partial charge is 0.290 e. The highest BCUT2D eigenvalue weighted by molar-refractivity contribution is 6.42. The van der Waals surface area contributed by atoms with Crippen LogP contribution in [0.5, 0.6) is 0 Å². The van der Waals surface area contributed by atoms with Gasteiger partial charge in [-0.2, -0.15) is 0 Å². The number of nitrogens with one attached hydrogen (secondary N) is 1. The average molecular weight is 323 g/mol. The molecule has 1 aliphatic heterocycles. The maximum absolute atomic E-state index is 12.2. The molecule has 0 spiro atoms. The summed E-state index contributed by atoms with van der Waals surface area (Å²) >= 11 is 11.9. The second kappa shape index (κ2) is 5.31. The van der Waals surface area contributed by atoms with Crippen molar-refractivity contribution in [2.45, 2.75) is 6.42 Å². The second-order valence-corrected chi connectivity index (χ2v) is 5.14. The molecule has 0 saturated heterocycles. The van der Waals surface area contributed by atoms with E-state index in [0.29, 0.717) is 16.3 Å². The molecule has 3 amide bonds. The zero-order valence-electron chi connectivity index (χ0n) is 10.5. The SMILES string of the molecule is O=C1Cc2cc(Cl)c(Cl)cc2N1C(=O)Nc1cnccn1. The van der Waals surface area contributed by atoms with Gasteiger partial charge in [0.2, 0.25) is 5.91 Å². The van der Waals surface area contributed by atoms with Gasteiger partial charge in [0.1, 0.15) is 0 Å². The highest BCUT2D eigenvalue weighted by atomic mass is 35.5. The third kappa shape index (κ3) is 2.55. The molecule has 1 N–H and O–H groups in total. The van der Waals surface area contributed by atoms with Crippen molar-refractivity contribution in [2.75, 3.05) is 10.2 Å². The van der Waals surface area contributed by atoms with E-state index in [4.69, 9.17) is 23.2 Å². The minimum Gasteiger partial charge on any atom is -0.290 e. The van der Waals surface area contributed by atoms with Gasteiger partial charge in [0, 0.05) is 12.4 Å². The Kier molecular flexibility index (Phi) is 3.48. The number of nitrogens with zero attached hydrogens (tertiary/aromatic N) is 3. The molecule has 8 heteroatoms. The molecule has 0 unspecified atom stereocenters. The first-order valence-electron chi connectivity index (χ1n) is 5.94. The number of aromatic nitrogens is 2. The summed E-state index contributed by atoms with van der Waals surface area (Å²) in [6, 6.07) is 2.48. The summed E-state index contributed by atoms with van der Waals surface area (Å²) < 4.78 is 0. The first-order chi connectivity index (χ1) is 10.1. The molecule has 0 fully saturated rings. The average Bonchev–Trinajstić information content (AvgIpc) is 2.75. The number of carbonyl (C=O) groups is 2. The van der Waals surface area contributed by atoms with Gasteiger partial charge >= 0.3 is 6.03 Å². The van der Waals surface area contributed by atoms with E-state index < -0.39 is 6.03 Å². The molecule has 1 aromatic heterocycles. The third-order valence-electron chi connectivity index (χ3n) is 2.95. The molecule has 2 aromatic rings. The Labute approximate surface area is 129 Å². The molecule has 3 rings (SSSR count). The summed E-state index contributed by atoms with van der Waals surface area (Å²) in [6.07, 6.45) is 4.40. The lowest BCUT2D eigenvalue weighted by atomic mass is 10.2. The van der Waals surface area contributed by atoms with Crippen LogP contribution in [0.4, 0.5) is 16.3 Å². The number of amides is 3. The Hall–Kier alpha value is -2.18. The Morgan fingerprint density at radius 3 is 2.71 bits per heavy atom. The van der Waals surface area contributed by atoms with Crippen molar-refractivity contribution in [1.82, 2.24) is 9.97 Å². The van der Waals surface area contributed by atoms with Crippen LogP contribution in [0.25, 0.3) is 0 Å². The van der Waals surface area contributed by atoms with Crippen molar-refractivity contribution in [3.8, 4) is 0 Å². The Bertz CT molecular complexity index is 736. The van der Waals surface area contributed by atoms with Gasteiger partial charge in [0.25, 0.3) is 0 Å². The Balaban J connectivity index is 1.92. The number of imide groups is 1. The normalized spacial score (nSPS) is 13.2. The summed E-state index contributed by atoms with van der Waals surface area (Å²) in [7, 11) is 0. The van der Waals surface area contributed by atoms with E-state index in [0.717, 1.165) is 4.90 Å². The standard InChI is InChI=1S/C13H8Cl2N4O2/c14-8-3-7-4-12(20)19(10(7)5-9(8)15)13(21)18-11-6-16-1-2-17-11/h1-3,5-6H,4H2,(H,17,18,21). The number of halogens is 2. The molecule has 0 radical (unpaired) electrons. The molecule has 0 atom stereocenters. The van der Waals surface area contributed by atoms with E-state index >= 15 is 0 Å². The maximum atomic E-state index is 12.2. The lowest BCUT2D eigenvalue weighted by molar-refractivity contribution is -0.116. The largest absolute Gasteiger partial charge is 0.334 e. The fourth-order valence-corrected chi connectivity index (χ4v) is 2.40. The third-order valence-corrected chi connectivity index (χ3v) is 3.68. The number of fused-ring (bicyclic) bond motifs is 1. The van der Waals surface area contributed by atoms with Gasteiger partial charge < -0.3 is 0 Å². The predicted octanol–water partition coefficient (Wildman–Crippen LogP) is 2.90. The lowest BCUT2D eigenvalue weighted by Crippen LogP contribution is -2.37. The highest BCUT2D eigenvalue weighted by Crippen LogP contribution is 2.36. The van der Waals surface area contributed by atoms with E-state index in [1.807, 2.05) is 0 Å². The lowest BCUT2D eigenvalue weighted by Gasteiger charge is -2.16. The fraction of sp³-hybridized carbons (Fsp3) is 0.0769. The minimum atomic E-state index is -0.613. The Morgan fingerprint density at radius 1 is 1.24 bits per heavy atom. The number of rotatable bonds is 1. The van der Waals surface area contributed by atoms with Crippen molar-refractivity contribution in [1.29, 1.82) is 0 Å². The summed E-state index contributed by atoms with van der Waals surface area (Å²) in [5.41, 5.74) is 1.08. The van der Waals surface area contributed by atoms with E-state index in [1.54, 1.807) is 6.07 Å². The zero-order valence-corrected chi connectivity index (χ0v) is 12.0. The number of hydrogen-bond donors (Lipinski definition) is 1. The van der Waals surface area contributed by atoms with Crippen molar-refractivity contribution in [3.05, 3.63) is 46.3 Å². The van der Waals surface area contributed by atoms with Crippen LogP contribution in [0.2, 0.25) is 10.0 Å². The number of hydrogen-bond acceptors (Lipinski definition) is 4. The van der Waals surface area contributed by atoms with E-state index in [-0.39, 0.29) is 23.2 Å². The van der Waals surface area contributed by atoms with Crippen LogP contribution < -0.4 is 10.2 Å². The second-order valence-electron chi connectivity index (χ2n) is 4.32. The summed E-state index contributed by atoms with van der Waals surface area (Å²) in [5, 5.41) is 3.13. The van der Waals surface area contributed by atoms with Crippen LogP contribution in [0.15, 0.2) is 30.7 Å². The molecule has 0 saturated carbocycles. The van der Waals surface area contributed by atoms with Crippen LogP contribution >= 0.6 is 23.2 Å². The molecule has 0 bridgehead atoms. The first-order valence-corrected chi connectivity index (χ1v) is 6.69. The quantitative estimate of drug-likeness (QED) is 0.875. The van der Waals surface area contributed by atoms with Crippen molar-refractivity contribution in [3.63, 3.8) is 0 Å². The monoisotopic (exact) mass is 322 g/mol. The number of carbonyl (C=O) groups excluding carboxylic acids is 2. The molecular formula is C13H8Cl2N4O2. The van der Waals surface area contributed by atoms with Gasteiger partial charge in [-0.1, -0.05) is 23.2 Å². The molecule has 21 heavy (non-hydrogen) atoms. The van der Waals surface area contributed by atoms with Crippen LogP contribution in [-0.4, -0.2) is 21.9 Å². The highest BCUT2D eigenvalue weighted by Gasteiger charge is 2.33. The maximum Gasteiger partial charge on any atom is 0.334 e. The van der Waals surface area contributed by atoms with E-state index in [9.17, 15) is 9.59 Å². The van der Waals surface area contributed by atoms with Gasteiger partial charge in [0.15, 0.2) is 5.82 Å². The summed E-state index contributed by atoms with van der Waals surface area (Å²) in [4.78, 5) is 33.0. The number of benzene rings is 1. The van der Waals surface area contributed by atoms with Crippen LogP contribution in [0.1, 0.15) is 5.56 Å². The number of anilines is 2. The van der Waals surface area contributed by atoms with Crippen LogP contribution in [0, 0.1) is 0 Å². The summed E-state index contributed by atoms with van der Waals surface area (Å²) in [6.45, 7) is 0. The molecule has 1 aliphatic rings. The molecule has 1 aromatic carbocycles. The minimum absolute atomic E-state index is 0.0973. The Morgan fingerprint density at radius 2 is 2.00 bits per heavy atom. The topological polar surface area (TPSA) is 75.2 Å². The molecule has 0 aliphatic carbocycles. The van der Waals surface area contributed by atoms with Gasteiger partial charge in [-0.15, -0.1) is 0 Å². The zero-order chi connectivity index (χ0) is 15.0. The van der Waals surface area contributed by atoms with Crippen molar-refractivity contribution in [2.24, 2.45) is 0 Å². The number of urea groups is 1. The first kappa shape index (κ1) is 13.8. The molecule has 6 nitrogen and oxygen atoms in total. The molecule has 2 heterocycles. The van der Waals surface area contributed by atoms with E-state index in [1.165, 1.54) is 24.7 Å². The van der Waals surface area contributed by atoms with Gasteiger partial charge in [-0.05, 0) is 17.7 Å². The predicted molar refractivity (Wildman–Crippen MR) is 78.7 cm³/mol. The van der Waals surface area contributed by atoms with E-state index in [2.05, 4.69) is 15.3 Å². The van der Waals surface area contributed by atoms with Gasteiger partial charge in [-0.25, -0.2) is 14.7 Å². The van der Waals surface area contributed by atoms with Crippen LogP contribution in [0.3, 0.4) is 0 Å². The molecule has 106 valence electrons. The summed E-state index contributed by atoms with van der Waals surface area (Å²) in [5.74, 6) is -0.103. The van der Waals surface area contributed by atoms with Crippen molar-refractivity contribution >= 4 is 46.6 Å².